The highest BCUT2D eigenvalue weighted by molar-refractivity contribution is 5.80. The molecule has 3 atom stereocenters. The van der Waals surface area contributed by atoms with E-state index >= 15 is 0 Å². The highest BCUT2D eigenvalue weighted by Gasteiger charge is 2.59. The van der Waals surface area contributed by atoms with Crippen molar-refractivity contribution in [3.8, 4) is 0 Å². The topological polar surface area (TPSA) is 54.9 Å². The van der Waals surface area contributed by atoms with Crippen molar-refractivity contribution in [1.82, 2.24) is 10.6 Å². The first kappa shape index (κ1) is 16.8. The monoisotopic (exact) mass is 321 g/mol. The Labute approximate surface area is 139 Å². The molecule has 0 spiro atoms. The van der Waals surface area contributed by atoms with Crippen molar-refractivity contribution in [3.63, 3.8) is 0 Å². The molecule has 0 amide bonds. The molecule has 5 nitrogen and oxygen atoms in total. The summed E-state index contributed by atoms with van der Waals surface area (Å²) in [6, 6.07) is 0.454. The van der Waals surface area contributed by atoms with Crippen molar-refractivity contribution in [2.45, 2.75) is 52.2 Å². The molecule has 5 heteroatoms. The first-order valence-corrected chi connectivity index (χ1v) is 9.05. The van der Waals surface area contributed by atoms with Crippen molar-refractivity contribution < 1.29 is 9.47 Å². The number of nitrogens with zero attached hydrogens (tertiary/aromatic N) is 1. The lowest BCUT2D eigenvalue weighted by Gasteiger charge is -2.54. The third kappa shape index (κ3) is 3.56. The molecule has 0 bridgehead atoms. The second kappa shape index (κ2) is 7.22. The number of rotatable bonds is 5. The zero-order chi connectivity index (χ0) is 16.3. The molecule has 2 aliphatic heterocycles. The van der Waals surface area contributed by atoms with Crippen LogP contribution in [0.1, 0.15) is 40.0 Å². The van der Waals surface area contributed by atoms with E-state index in [1.54, 1.807) is 0 Å². The first-order chi connectivity index (χ1) is 11.1. The molecule has 0 aromatic rings. The first-order valence-electron chi connectivity index (χ1n) is 9.05. The molecule has 3 rings (SSSR count). The summed E-state index contributed by atoms with van der Waals surface area (Å²) in [6.07, 6.45) is 5.86. The van der Waals surface area contributed by atoms with E-state index in [9.17, 15) is 0 Å². The van der Waals surface area contributed by atoms with Crippen LogP contribution in [0.5, 0.6) is 0 Å². The summed E-state index contributed by atoms with van der Waals surface area (Å²) in [6.45, 7) is 11.0. The van der Waals surface area contributed by atoms with E-state index in [-0.39, 0.29) is 5.41 Å². The zero-order valence-electron chi connectivity index (χ0n) is 14.7. The quantitative estimate of drug-likeness (QED) is 0.462. The van der Waals surface area contributed by atoms with Crippen molar-refractivity contribution in [3.05, 3.63) is 11.6 Å². The molecule has 3 aliphatic rings. The molecule has 130 valence electrons. The van der Waals surface area contributed by atoms with Crippen LogP contribution >= 0.6 is 0 Å². The van der Waals surface area contributed by atoms with Gasteiger partial charge in [-0.25, -0.2) is 0 Å². The maximum absolute atomic E-state index is 5.88. The molecule has 0 radical (unpaired) electrons. The van der Waals surface area contributed by atoms with Gasteiger partial charge in [-0.2, -0.15) is 0 Å². The van der Waals surface area contributed by atoms with Crippen LogP contribution in [0.4, 0.5) is 0 Å². The van der Waals surface area contributed by atoms with Crippen molar-refractivity contribution in [2.75, 3.05) is 32.9 Å². The molecule has 1 saturated heterocycles. The van der Waals surface area contributed by atoms with E-state index in [1.165, 1.54) is 5.57 Å². The fourth-order valence-electron chi connectivity index (χ4n) is 4.19. The van der Waals surface area contributed by atoms with E-state index in [0.717, 1.165) is 58.1 Å². The normalized spacial score (nSPS) is 32.7. The number of fused-ring (bicyclic) bond motifs is 1. The number of hydrogen-bond donors (Lipinski definition) is 2. The summed E-state index contributed by atoms with van der Waals surface area (Å²) < 4.78 is 11.2. The van der Waals surface area contributed by atoms with Crippen LogP contribution in [0, 0.1) is 11.3 Å². The fourth-order valence-corrected chi connectivity index (χ4v) is 4.19. The Kier molecular flexibility index (Phi) is 5.27. The number of guanidine groups is 1. The lowest BCUT2D eigenvalue weighted by molar-refractivity contribution is -0.106. The number of ether oxygens (including phenoxy) is 2. The molecule has 2 heterocycles. The second-order valence-corrected chi connectivity index (χ2v) is 7.39. The Balaban J connectivity index is 1.55. The fraction of sp³-hybridized carbons (Fsp3) is 0.833. The van der Waals surface area contributed by atoms with Crippen LogP contribution in [-0.2, 0) is 9.47 Å². The van der Waals surface area contributed by atoms with Gasteiger partial charge in [0.25, 0.3) is 0 Å². The minimum atomic E-state index is 0.181. The lowest BCUT2D eigenvalue weighted by Crippen LogP contribution is -2.67. The lowest BCUT2D eigenvalue weighted by atomic mass is 9.57. The molecule has 2 N–H and O–H groups in total. The Morgan fingerprint density at radius 1 is 1.39 bits per heavy atom. The average Bonchev–Trinajstić information content (AvgIpc) is 3.00. The number of nitrogens with one attached hydrogen (secondary N) is 2. The van der Waals surface area contributed by atoms with Gasteiger partial charge in [-0.05, 0) is 26.2 Å². The molecule has 3 unspecified atom stereocenters. The molecular formula is C18H31N3O2. The van der Waals surface area contributed by atoms with Crippen LogP contribution in [0.2, 0.25) is 0 Å². The van der Waals surface area contributed by atoms with E-state index < -0.39 is 0 Å². The summed E-state index contributed by atoms with van der Waals surface area (Å²) in [5.41, 5.74) is 1.66. The molecule has 0 aromatic carbocycles. The van der Waals surface area contributed by atoms with Crippen LogP contribution in [0.25, 0.3) is 0 Å². The minimum absolute atomic E-state index is 0.181. The molecule has 1 aliphatic carbocycles. The van der Waals surface area contributed by atoms with Gasteiger partial charge in [-0.15, -0.1) is 0 Å². The largest absolute Gasteiger partial charge is 0.377 e. The highest BCUT2D eigenvalue weighted by Crippen LogP contribution is 2.52. The third-order valence-electron chi connectivity index (χ3n) is 5.50. The number of hydrogen-bond acceptors (Lipinski definition) is 3. The van der Waals surface area contributed by atoms with Crippen molar-refractivity contribution in [2.24, 2.45) is 16.3 Å². The zero-order valence-corrected chi connectivity index (χ0v) is 14.7. The standard InChI is InChI=1S/C18H31N3O2/c1-4-19-17(20-9-5-13-6-10-22-11-7-13)21-15-14-8-12-23-16(14)18(15,2)3/h6,14-16H,4-5,7-12H2,1-3H3,(H2,19,20,21). The Morgan fingerprint density at radius 3 is 3.00 bits per heavy atom. The highest BCUT2D eigenvalue weighted by atomic mass is 16.5. The predicted molar refractivity (Wildman–Crippen MR) is 92.7 cm³/mol. The van der Waals surface area contributed by atoms with Gasteiger partial charge in [-0.1, -0.05) is 25.5 Å². The van der Waals surface area contributed by atoms with E-state index in [0.29, 0.717) is 18.1 Å². The van der Waals surface area contributed by atoms with Crippen LogP contribution < -0.4 is 10.6 Å². The Morgan fingerprint density at radius 2 is 2.26 bits per heavy atom. The summed E-state index contributed by atoms with van der Waals surface area (Å²) in [5, 5.41) is 7.06. The van der Waals surface area contributed by atoms with E-state index in [4.69, 9.17) is 14.5 Å². The Hall–Kier alpha value is -1.07. The predicted octanol–water partition coefficient (Wildman–Crippen LogP) is 2.09. The van der Waals surface area contributed by atoms with Gasteiger partial charge in [0, 0.05) is 37.1 Å². The molecule has 0 aromatic heterocycles. The maximum Gasteiger partial charge on any atom is 0.191 e. The summed E-state index contributed by atoms with van der Waals surface area (Å²) in [5.74, 6) is 1.58. The van der Waals surface area contributed by atoms with Gasteiger partial charge in [-0.3, -0.25) is 4.99 Å². The van der Waals surface area contributed by atoms with E-state index in [1.807, 2.05) is 0 Å². The molecule has 23 heavy (non-hydrogen) atoms. The van der Waals surface area contributed by atoms with Crippen LogP contribution in [0.3, 0.4) is 0 Å². The number of aliphatic imine (C=N–C) groups is 1. The van der Waals surface area contributed by atoms with Gasteiger partial charge in [0.1, 0.15) is 0 Å². The van der Waals surface area contributed by atoms with Gasteiger partial charge >= 0.3 is 0 Å². The molecule has 2 fully saturated rings. The summed E-state index contributed by atoms with van der Waals surface area (Å²) >= 11 is 0. The molecule has 1 saturated carbocycles. The summed E-state index contributed by atoms with van der Waals surface area (Å²) in [7, 11) is 0. The maximum atomic E-state index is 5.88. The van der Waals surface area contributed by atoms with Crippen LogP contribution in [0.15, 0.2) is 16.6 Å². The Bertz CT molecular complexity index is 473. The van der Waals surface area contributed by atoms with Crippen molar-refractivity contribution >= 4 is 5.96 Å². The van der Waals surface area contributed by atoms with Crippen LogP contribution in [-0.4, -0.2) is 51.0 Å². The third-order valence-corrected chi connectivity index (χ3v) is 5.50. The van der Waals surface area contributed by atoms with Gasteiger partial charge < -0.3 is 20.1 Å². The smallest absolute Gasteiger partial charge is 0.191 e. The van der Waals surface area contributed by atoms with Gasteiger partial charge in [0.2, 0.25) is 0 Å². The average molecular weight is 321 g/mol. The van der Waals surface area contributed by atoms with Gasteiger partial charge in [0.15, 0.2) is 5.96 Å². The van der Waals surface area contributed by atoms with Crippen molar-refractivity contribution in [1.29, 1.82) is 0 Å². The SMILES string of the molecule is CCNC(=NCCC1=CCOCC1)NC1C2CCOC2C1(C)C. The van der Waals surface area contributed by atoms with Gasteiger partial charge in [0.05, 0.1) is 19.3 Å². The second-order valence-electron chi connectivity index (χ2n) is 7.39. The minimum Gasteiger partial charge on any atom is -0.377 e. The summed E-state index contributed by atoms with van der Waals surface area (Å²) in [4.78, 5) is 4.78. The van der Waals surface area contributed by atoms with E-state index in [2.05, 4.69) is 37.5 Å². The molecular weight excluding hydrogens is 290 g/mol.